The van der Waals surface area contributed by atoms with E-state index in [9.17, 15) is 4.79 Å². The fraction of sp³-hybridized carbons (Fsp3) is 0.350. The van der Waals surface area contributed by atoms with E-state index in [2.05, 4.69) is 48.6 Å². The summed E-state index contributed by atoms with van der Waals surface area (Å²) in [5.74, 6) is 0.119. The van der Waals surface area contributed by atoms with E-state index < -0.39 is 0 Å². The van der Waals surface area contributed by atoms with Crippen molar-refractivity contribution < 1.29 is 4.79 Å². The number of hydrogen-bond donors (Lipinski definition) is 2. The highest BCUT2D eigenvalue weighted by atomic mass is 16.1. The van der Waals surface area contributed by atoms with E-state index in [0.29, 0.717) is 6.42 Å². The van der Waals surface area contributed by atoms with Crippen LogP contribution in [0.2, 0.25) is 0 Å². The van der Waals surface area contributed by atoms with Crippen LogP contribution in [0.25, 0.3) is 0 Å². The molecule has 0 bridgehead atoms. The van der Waals surface area contributed by atoms with Gasteiger partial charge in [-0.15, -0.1) is 0 Å². The summed E-state index contributed by atoms with van der Waals surface area (Å²) in [6.45, 7) is 2.12. The Bertz CT molecular complexity index is 677. The fourth-order valence-corrected chi connectivity index (χ4v) is 3.23. The van der Waals surface area contributed by atoms with E-state index in [0.717, 1.165) is 31.4 Å². The topological polar surface area (TPSA) is 55.1 Å². The fourth-order valence-electron chi connectivity index (χ4n) is 3.23. The van der Waals surface area contributed by atoms with Crippen molar-refractivity contribution in [1.29, 1.82) is 0 Å². The first-order chi connectivity index (χ1) is 11.2. The van der Waals surface area contributed by atoms with Crippen molar-refractivity contribution in [3.63, 3.8) is 0 Å². The molecule has 1 aliphatic heterocycles. The Labute approximate surface area is 137 Å². The highest BCUT2D eigenvalue weighted by Gasteiger charge is 2.19. The molecule has 0 radical (unpaired) electrons. The molecule has 1 atom stereocenters. The first-order valence-electron chi connectivity index (χ1n) is 8.42. The Morgan fingerprint density at radius 3 is 2.70 bits per heavy atom. The maximum absolute atomic E-state index is 11.6. The first kappa shape index (κ1) is 15.8. The van der Waals surface area contributed by atoms with Crippen molar-refractivity contribution >= 4 is 11.6 Å². The molecule has 3 nitrogen and oxygen atoms in total. The molecule has 1 unspecified atom stereocenters. The summed E-state index contributed by atoms with van der Waals surface area (Å²) in [4.78, 5) is 11.6. The van der Waals surface area contributed by atoms with Crippen LogP contribution in [0.5, 0.6) is 0 Å². The highest BCUT2D eigenvalue weighted by Crippen LogP contribution is 2.31. The van der Waals surface area contributed by atoms with Crippen molar-refractivity contribution in [2.24, 2.45) is 5.73 Å². The highest BCUT2D eigenvalue weighted by molar-refractivity contribution is 5.95. The third kappa shape index (κ3) is 3.62. The summed E-state index contributed by atoms with van der Waals surface area (Å²) in [5.41, 5.74) is 12.4. The lowest BCUT2D eigenvalue weighted by Crippen LogP contribution is -2.21. The summed E-state index contributed by atoms with van der Waals surface area (Å²) in [6.07, 6.45) is 4.20. The van der Waals surface area contributed by atoms with Crippen LogP contribution in [0.3, 0.4) is 0 Å². The third-order valence-corrected chi connectivity index (χ3v) is 4.61. The lowest BCUT2D eigenvalue weighted by Gasteiger charge is -2.23. The van der Waals surface area contributed by atoms with E-state index in [1.165, 1.54) is 22.3 Å². The Kier molecular flexibility index (Phi) is 4.77. The summed E-state index contributed by atoms with van der Waals surface area (Å²) >= 11 is 0. The molecular formula is C20H24N2O. The van der Waals surface area contributed by atoms with E-state index in [4.69, 9.17) is 5.73 Å². The molecule has 0 fully saturated rings. The van der Waals surface area contributed by atoms with Crippen molar-refractivity contribution in [2.75, 3.05) is 5.32 Å². The number of amides is 1. The maximum Gasteiger partial charge on any atom is 0.224 e. The zero-order chi connectivity index (χ0) is 16.2. The van der Waals surface area contributed by atoms with Gasteiger partial charge in [0.1, 0.15) is 0 Å². The molecule has 0 aliphatic carbocycles. The predicted molar refractivity (Wildman–Crippen MR) is 94.5 cm³/mol. The van der Waals surface area contributed by atoms with Gasteiger partial charge in [-0.1, -0.05) is 49.4 Å². The van der Waals surface area contributed by atoms with Crippen LogP contribution in [0, 0.1) is 0 Å². The number of nitrogens with two attached hydrogens (primary N) is 1. The normalized spacial score (nSPS) is 15.0. The number of fused-ring (bicyclic) bond motifs is 1. The standard InChI is InChI=1S/C20H24N2O/c1-2-15-12-17(13-16-9-11-19(23)22-20(15)16)18(21)10-8-14-6-4-3-5-7-14/h3-7,12-13,18H,2,8-11,21H2,1H3,(H,22,23). The zero-order valence-corrected chi connectivity index (χ0v) is 13.6. The average molecular weight is 308 g/mol. The molecule has 120 valence electrons. The van der Waals surface area contributed by atoms with Gasteiger partial charge in [0.05, 0.1) is 0 Å². The van der Waals surface area contributed by atoms with Gasteiger partial charge in [0.25, 0.3) is 0 Å². The summed E-state index contributed by atoms with van der Waals surface area (Å²) in [7, 11) is 0. The molecule has 0 saturated heterocycles. The number of carbonyl (C=O) groups excluding carboxylic acids is 1. The Hall–Kier alpha value is -2.13. The third-order valence-electron chi connectivity index (χ3n) is 4.61. The quantitative estimate of drug-likeness (QED) is 0.883. The number of carbonyl (C=O) groups is 1. The van der Waals surface area contributed by atoms with E-state index >= 15 is 0 Å². The van der Waals surface area contributed by atoms with Gasteiger partial charge in [-0.25, -0.2) is 0 Å². The lowest BCUT2D eigenvalue weighted by molar-refractivity contribution is -0.116. The molecule has 3 N–H and O–H groups in total. The molecule has 0 aromatic heterocycles. The van der Waals surface area contributed by atoms with Crippen LogP contribution in [-0.4, -0.2) is 5.91 Å². The lowest BCUT2D eigenvalue weighted by atomic mass is 9.91. The van der Waals surface area contributed by atoms with Crippen LogP contribution < -0.4 is 11.1 Å². The largest absolute Gasteiger partial charge is 0.326 e. The van der Waals surface area contributed by atoms with Gasteiger partial charge >= 0.3 is 0 Å². The predicted octanol–water partition coefficient (Wildman–Crippen LogP) is 3.77. The van der Waals surface area contributed by atoms with Gasteiger partial charge in [-0.3, -0.25) is 4.79 Å². The number of aryl methyl sites for hydroxylation is 3. The van der Waals surface area contributed by atoms with Gasteiger partial charge in [0.2, 0.25) is 5.91 Å². The second-order valence-electron chi connectivity index (χ2n) is 6.25. The van der Waals surface area contributed by atoms with Crippen molar-refractivity contribution in [2.45, 2.75) is 45.1 Å². The van der Waals surface area contributed by atoms with E-state index in [-0.39, 0.29) is 11.9 Å². The molecule has 0 saturated carbocycles. The Morgan fingerprint density at radius 1 is 1.17 bits per heavy atom. The minimum Gasteiger partial charge on any atom is -0.326 e. The second kappa shape index (κ2) is 6.97. The minimum absolute atomic E-state index is 0.0310. The molecule has 0 spiro atoms. The molecule has 23 heavy (non-hydrogen) atoms. The van der Waals surface area contributed by atoms with Gasteiger partial charge in [-0.2, -0.15) is 0 Å². The molecule has 1 heterocycles. The van der Waals surface area contributed by atoms with Crippen molar-refractivity contribution in [1.82, 2.24) is 0 Å². The van der Waals surface area contributed by atoms with Crippen LogP contribution in [0.15, 0.2) is 42.5 Å². The van der Waals surface area contributed by atoms with Crippen molar-refractivity contribution in [3.05, 3.63) is 64.7 Å². The molecule has 1 aliphatic rings. The van der Waals surface area contributed by atoms with E-state index in [1.54, 1.807) is 0 Å². The average Bonchev–Trinajstić information content (AvgIpc) is 2.59. The van der Waals surface area contributed by atoms with Crippen LogP contribution >= 0.6 is 0 Å². The molecule has 2 aromatic rings. The maximum atomic E-state index is 11.6. The monoisotopic (exact) mass is 308 g/mol. The van der Waals surface area contributed by atoms with E-state index in [1.807, 2.05) is 6.07 Å². The van der Waals surface area contributed by atoms with Crippen LogP contribution in [0.4, 0.5) is 5.69 Å². The molecule has 1 amide bonds. The summed E-state index contributed by atoms with van der Waals surface area (Å²) in [5, 5.41) is 3.02. The van der Waals surface area contributed by atoms with Gasteiger partial charge < -0.3 is 11.1 Å². The SMILES string of the molecule is CCc1cc(C(N)CCc2ccccc2)cc2c1NC(=O)CC2. The number of hydrogen-bond acceptors (Lipinski definition) is 2. The Morgan fingerprint density at radius 2 is 1.96 bits per heavy atom. The first-order valence-corrected chi connectivity index (χ1v) is 8.42. The molecule has 3 rings (SSSR count). The van der Waals surface area contributed by atoms with Crippen LogP contribution in [-0.2, 0) is 24.1 Å². The van der Waals surface area contributed by atoms with Crippen molar-refractivity contribution in [3.8, 4) is 0 Å². The molecular weight excluding hydrogens is 284 g/mol. The number of benzene rings is 2. The van der Waals surface area contributed by atoms with Crippen LogP contribution in [0.1, 0.15) is 48.1 Å². The Balaban J connectivity index is 1.78. The van der Waals surface area contributed by atoms with Gasteiger partial charge in [0.15, 0.2) is 0 Å². The molecule has 3 heteroatoms. The molecule has 2 aromatic carbocycles. The minimum atomic E-state index is 0.0310. The number of rotatable bonds is 5. The zero-order valence-electron chi connectivity index (χ0n) is 13.6. The summed E-state index contributed by atoms with van der Waals surface area (Å²) < 4.78 is 0. The number of anilines is 1. The summed E-state index contributed by atoms with van der Waals surface area (Å²) in [6, 6.07) is 14.8. The second-order valence-corrected chi connectivity index (χ2v) is 6.25. The van der Waals surface area contributed by atoms with Gasteiger partial charge in [-0.05, 0) is 47.9 Å². The smallest absolute Gasteiger partial charge is 0.224 e. The van der Waals surface area contributed by atoms with Gasteiger partial charge in [0, 0.05) is 18.2 Å². The number of nitrogens with one attached hydrogen (secondary N) is 1.